The zero-order valence-electron chi connectivity index (χ0n) is 18.2. The molecule has 7 nitrogen and oxygen atoms in total. The number of nitrogens with zero attached hydrogens (tertiary/aromatic N) is 2. The van der Waals surface area contributed by atoms with Crippen molar-refractivity contribution >= 4 is 17.1 Å². The highest BCUT2D eigenvalue weighted by Crippen LogP contribution is 2.23. The minimum absolute atomic E-state index is 0.111. The summed E-state index contributed by atoms with van der Waals surface area (Å²) in [6, 6.07) is 18.0. The highest BCUT2D eigenvalue weighted by molar-refractivity contribution is 5.76. The molecule has 1 fully saturated rings. The van der Waals surface area contributed by atoms with Gasteiger partial charge in [0.05, 0.1) is 36.3 Å². The van der Waals surface area contributed by atoms with Gasteiger partial charge in [0.2, 0.25) is 0 Å². The lowest BCUT2D eigenvalue weighted by Gasteiger charge is -2.35. The van der Waals surface area contributed by atoms with Crippen LogP contribution in [0.4, 0.5) is 4.79 Å². The molecule has 7 heteroatoms. The van der Waals surface area contributed by atoms with Crippen molar-refractivity contribution in [1.29, 1.82) is 0 Å². The number of ether oxygens (including phenoxy) is 1. The maximum absolute atomic E-state index is 12.9. The Morgan fingerprint density at radius 2 is 1.81 bits per heavy atom. The van der Waals surface area contributed by atoms with Gasteiger partial charge in [0.15, 0.2) is 0 Å². The second-order valence-corrected chi connectivity index (χ2v) is 8.29. The van der Waals surface area contributed by atoms with Crippen LogP contribution in [0.1, 0.15) is 37.3 Å². The molecular formula is C24H31N5O2. The van der Waals surface area contributed by atoms with Crippen LogP contribution in [-0.2, 0) is 4.74 Å². The standard InChI is InChI=1S/C24H31N5O2/c1-17(2)22(23-26-19-10-6-7-11-20(19)27-23)28-24(30)25-16-21(18-8-4-3-5-9-18)29-12-14-31-15-13-29/h3-11,17,21-22H,12-16H2,1-2H3,(H,26,27)(H2,25,28,30). The Morgan fingerprint density at radius 1 is 1.10 bits per heavy atom. The molecule has 31 heavy (non-hydrogen) atoms. The number of aromatic amines is 1. The van der Waals surface area contributed by atoms with Crippen LogP contribution >= 0.6 is 0 Å². The summed E-state index contributed by atoms with van der Waals surface area (Å²) in [6.07, 6.45) is 0. The monoisotopic (exact) mass is 421 g/mol. The van der Waals surface area contributed by atoms with Crippen LogP contribution in [0.2, 0.25) is 0 Å². The normalized spacial score (nSPS) is 16.9. The molecule has 164 valence electrons. The number of amides is 2. The zero-order valence-corrected chi connectivity index (χ0v) is 18.2. The van der Waals surface area contributed by atoms with Gasteiger partial charge in [-0.3, -0.25) is 4.90 Å². The zero-order chi connectivity index (χ0) is 21.6. The van der Waals surface area contributed by atoms with Gasteiger partial charge >= 0.3 is 6.03 Å². The minimum atomic E-state index is -0.203. The highest BCUT2D eigenvalue weighted by atomic mass is 16.5. The maximum atomic E-state index is 12.9. The van der Waals surface area contributed by atoms with Crippen LogP contribution < -0.4 is 10.6 Å². The molecule has 3 aromatic rings. The van der Waals surface area contributed by atoms with Crippen molar-refractivity contribution in [2.45, 2.75) is 25.9 Å². The minimum Gasteiger partial charge on any atom is -0.379 e. The van der Waals surface area contributed by atoms with Crippen molar-refractivity contribution in [3.63, 3.8) is 0 Å². The molecule has 2 unspecified atom stereocenters. The van der Waals surface area contributed by atoms with E-state index in [1.54, 1.807) is 0 Å². The van der Waals surface area contributed by atoms with Crippen molar-refractivity contribution in [3.05, 3.63) is 66.0 Å². The molecule has 1 aromatic heterocycles. The first kappa shape index (κ1) is 21.3. The molecule has 2 amide bonds. The van der Waals surface area contributed by atoms with E-state index in [4.69, 9.17) is 4.74 Å². The molecule has 0 aliphatic carbocycles. The molecule has 0 spiro atoms. The number of H-pyrrole nitrogens is 1. The summed E-state index contributed by atoms with van der Waals surface area (Å²) in [5.74, 6) is 0.967. The molecule has 3 N–H and O–H groups in total. The average molecular weight is 422 g/mol. The fraction of sp³-hybridized carbons (Fsp3) is 0.417. The number of hydrogen-bond acceptors (Lipinski definition) is 4. The second kappa shape index (κ2) is 9.94. The third kappa shape index (κ3) is 5.24. The van der Waals surface area contributed by atoms with Crippen LogP contribution in [0, 0.1) is 5.92 Å². The van der Waals surface area contributed by atoms with E-state index < -0.39 is 0 Å². The lowest BCUT2D eigenvalue weighted by atomic mass is 10.0. The number of hydrogen-bond donors (Lipinski definition) is 3. The van der Waals surface area contributed by atoms with Crippen molar-refractivity contribution in [1.82, 2.24) is 25.5 Å². The number of aromatic nitrogens is 2. The van der Waals surface area contributed by atoms with E-state index in [1.165, 1.54) is 5.56 Å². The number of morpholine rings is 1. The van der Waals surface area contributed by atoms with Gasteiger partial charge < -0.3 is 20.4 Å². The Bertz CT molecular complexity index is 949. The van der Waals surface area contributed by atoms with Crippen molar-refractivity contribution in [2.75, 3.05) is 32.8 Å². The molecule has 1 aliphatic heterocycles. The van der Waals surface area contributed by atoms with Crippen molar-refractivity contribution in [3.8, 4) is 0 Å². The fourth-order valence-electron chi connectivity index (χ4n) is 4.07. The van der Waals surface area contributed by atoms with E-state index in [9.17, 15) is 4.79 Å². The lowest BCUT2D eigenvalue weighted by molar-refractivity contribution is 0.0167. The quantitative estimate of drug-likeness (QED) is 0.544. The number of fused-ring (bicyclic) bond motifs is 1. The Labute approximate surface area is 183 Å². The topological polar surface area (TPSA) is 82.3 Å². The molecule has 4 rings (SSSR count). The van der Waals surface area contributed by atoms with E-state index in [-0.39, 0.29) is 24.0 Å². The van der Waals surface area contributed by atoms with Gasteiger partial charge in [0, 0.05) is 19.6 Å². The number of carbonyl (C=O) groups is 1. The predicted octanol–water partition coefficient (Wildman–Crippen LogP) is 3.63. The predicted molar refractivity (Wildman–Crippen MR) is 122 cm³/mol. The van der Waals surface area contributed by atoms with Crippen LogP contribution in [0.5, 0.6) is 0 Å². The largest absolute Gasteiger partial charge is 0.379 e. The smallest absolute Gasteiger partial charge is 0.315 e. The Balaban J connectivity index is 1.43. The van der Waals surface area contributed by atoms with Crippen molar-refractivity contribution < 1.29 is 9.53 Å². The third-order valence-corrected chi connectivity index (χ3v) is 5.78. The third-order valence-electron chi connectivity index (χ3n) is 5.78. The van der Waals surface area contributed by atoms with Gasteiger partial charge in [-0.25, -0.2) is 9.78 Å². The van der Waals surface area contributed by atoms with Crippen LogP contribution in [0.15, 0.2) is 54.6 Å². The van der Waals surface area contributed by atoms with Gasteiger partial charge in [-0.15, -0.1) is 0 Å². The molecule has 2 atom stereocenters. The average Bonchev–Trinajstić information content (AvgIpc) is 3.23. The molecular weight excluding hydrogens is 390 g/mol. The van der Waals surface area contributed by atoms with Gasteiger partial charge in [-0.05, 0) is 23.6 Å². The number of para-hydroxylation sites is 2. The molecule has 1 aliphatic rings. The Morgan fingerprint density at radius 3 is 2.52 bits per heavy atom. The van der Waals surface area contributed by atoms with Crippen LogP contribution in [0.3, 0.4) is 0 Å². The Kier molecular flexibility index (Phi) is 6.84. The summed E-state index contributed by atoms with van der Waals surface area (Å²) in [6.45, 7) is 7.85. The van der Waals surface area contributed by atoms with E-state index in [0.29, 0.717) is 6.54 Å². The first-order valence-corrected chi connectivity index (χ1v) is 11.0. The van der Waals surface area contributed by atoms with E-state index in [1.807, 2.05) is 42.5 Å². The lowest BCUT2D eigenvalue weighted by Crippen LogP contribution is -2.46. The maximum Gasteiger partial charge on any atom is 0.315 e. The van der Waals surface area contributed by atoms with Gasteiger partial charge in [-0.1, -0.05) is 56.3 Å². The summed E-state index contributed by atoms with van der Waals surface area (Å²) in [5.41, 5.74) is 3.08. The summed E-state index contributed by atoms with van der Waals surface area (Å²) in [4.78, 5) is 23.3. The van der Waals surface area contributed by atoms with E-state index >= 15 is 0 Å². The van der Waals surface area contributed by atoms with Gasteiger partial charge in [0.25, 0.3) is 0 Å². The van der Waals surface area contributed by atoms with E-state index in [2.05, 4.69) is 51.5 Å². The van der Waals surface area contributed by atoms with E-state index in [0.717, 1.165) is 43.2 Å². The number of nitrogens with one attached hydrogen (secondary N) is 3. The Hall–Kier alpha value is -2.90. The second-order valence-electron chi connectivity index (χ2n) is 8.29. The fourth-order valence-corrected chi connectivity index (χ4v) is 4.07. The van der Waals surface area contributed by atoms with Gasteiger partial charge in [0.1, 0.15) is 5.82 Å². The summed E-state index contributed by atoms with van der Waals surface area (Å²) < 4.78 is 5.51. The molecule has 0 radical (unpaired) electrons. The summed E-state index contributed by atoms with van der Waals surface area (Å²) in [5, 5.41) is 6.21. The number of benzene rings is 2. The molecule has 1 saturated heterocycles. The molecule has 2 heterocycles. The first-order valence-electron chi connectivity index (χ1n) is 11.0. The number of rotatable bonds is 7. The van der Waals surface area contributed by atoms with Crippen LogP contribution in [0.25, 0.3) is 11.0 Å². The SMILES string of the molecule is CC(C)C(NC(=O)NCC(c1ccccc1)N1CCOCC1)c1nc2ccccc2[nH]1. The molecule has 0 saturated carbocycles. The summed E-state index contributed by atoms with van der Waals surface area (Å²) >= 11 is 0. The molecule has 0 bridgehead atoms. The number of urea groups is 1. The first-order chi connectivity index (χ1) is 15.1. The summed E-state index contributed by atoms with van der Waals surface area (Å²) in [7, 11) is 0. The molecule has 2 aromatic carbocycles. The number of imidazole rings is 1. The van der Waals surface area contributed by atoms with Crippen molar-refractivity contribution in [2.24, 2.45) is 5.92 Å². The van der Waals surface area contributed by atoms with Crippen LogP contribution in [-0.4, -0.2) is 53.7 Å². The number of carbonyl (C=O) groups excluding carboxylic acids is 1. The highest BCUT2D eigenvalue weighted by Gasteiger charge is 2.25. The van der Waals surface area contributed by atoms with Gasteiger partial charge in [-0.2, -0.15) is 0 Å².